The summed E-state index contributed by atoms with van der Waals surface area (Å²) in [6.45, 7) is 0. The molecular formula is C22H18ClN3O2S. The van der Waals surface area contributed by atoms with E-state index >= 15 is 0 Å². The quantitative estimate of drug-likeness (QED) is 0.339. The second kappa shape index (κ2) is 9.82. The number of amides is 2. The number of carbonyl (C=O) groups is 2. The Labute approximate surface area is 178 Å². The maximum absolute atomic E-state index is 12.2. The molecule has 0 atom stereocenters. The van der Waals surface area contributed by atoms with Crippen LogP contribution < -0.4 is 16.2 Å². The molecule has 0 heterocycles. The van der Waals surface area contributed by atoms with Crippen molar-refractivity contribution in [3.8, 4) is 0 Å². The number of carbonyl (C=O) groups excluding carboxylic acids is 2. The first-order chi connectivity index (χ1) is 14.0. The van der Waals surface area contributed by atoms with Crippen molar-refractivity contribution < 1.29 is 9.59 Å². The lowest BCUT2D eigenvalue weighted by molar-refractivity contribution is -0.121. The van der Waals surface area contributed by atoms with Gasteiger partial charge in [0.2, 0.25) is 11.8 Å². The van der Waals surface area contributed by atoms with Gasteiger partial charge in [-0.2, -0.15) is 0 Å². The lowest BCUT2D eigenvalue weighted by atomic mass is 10.0. The van der Waals surface area contributed by atoms with Crippen molar-refractivity contribution in [3.63, 3.8) is 0 Å². The van der Waals surface area contributed by atoms with Crippen LogP contribution in [-0.2, 0) is 16.0 Å². The smallest absolute Gasteiger partial charge is 0.250 e. The minimum atomic E-state index is -0.416. The molecule has 0 saturated heterocycles. The highest BCUT2D eigenvalue weighted by molar-refractivity contribution is 7.80. The van der Waals surface area contributed by atoms with Crippen molar-refractivity contribution in [2.75, 3.05) is 0 Å². The van der Waals surface area contributed by atoms with Crippen molar-refractivity contribution >= 4 is 57.6 Å². The molecule has 0 aromatic heterocycles. The summed E-state index contributed by atoms with van der Waals surface area (Å²) in [5.74, 6) is -0.685. The summed E-state index contributed by atoms with van der Waals surface area (Å²) in [6.07, 6.45) is 3.16. The Morgan fingerprint density at radius 2 is 1.66 bits per heavy atom. The second-order valence-corrected chi connectivity index (χ2v) is 7.04. The normalized spacial score (nSPS) is 10.7. The predicted octanol–water partition coefficient (Wildman–Crippen LogP) is 3.77. The zero-order valence-electron chi connectivity index (χ0n) is 15.3. The third-order valence-electron chi connectivity index (χ3n) is 4.08. The van der Waals surface area contributed by atoms with E-state index in [1.807, 2.05) is 42.5 Å². The standard InChI is InChI=1S/C22H18ClN3O2S/c23-18-11-8-15(9-12-18)10-13-20(27)24-22(29)26-25-21(28)14-17-6-3-5-16-4-1-2-7-19(16)17/h1-13H,14H2,(H,25,28)(H2,24,26,27,29)/b13-10+. The van der Waals surface area contributed by atoms with Crippen LogP contribution in [0.5, 0.6) is 0 Å². The van der Waals surface area contributed by atoms with Gasteiger partial charge in [-0.25, -0.2) is 0 Å². The molecule has 0 bridgehead atoms. The van der Waals surface area contributed by atoms with Gasteiger partial charge in [0.15, 0.2) is 5.11 Å². The van der Waals surface area contributed by atoms with E-state index in [1.165, 1.54) is 6.08 Å². The molecule has 0 fully saturated rings. The van der Waals surface area contributed by atoms with Gasteiger partial charge >= 0.3 is 0 Å². The van der Waals surface area contributed by atoms with Crippen molar-refractivity contribution in [1.29, 1.82) is 0 Å². The summed E-state index contributed by atoms with van der Waals surface area (Å²) in [7, 11) is 0. The minimum absolute atomic E-state index is 0.00188. The third kappa shape index (κ3) is 6.14. The number of nitrogens with one attached hydrogen (secondary N) is 3. The van der Waals surface area contributed by atoms with E-state index in [9.17, 15) is 9.59 Å². The van der Waals surface area contributed by atoms with E-state index in [4.69, 9.17) is 23.8 Å². The Morgan fingerprint density at radius 1 is 0.931 bits per heavy atom. The Balaban J connectivity index is 1.47. The summed E-state index contributed by atoms with van der Waals surface area (Å²) in [5, 5.41) is 5.18. The number of rotatable bonds is 4. The highest BCUT2D eigenvalue weighted by Gasteiger charge is 2.08. The predicted molar refractivity (Wildman–Crippen MR) is 120 cm³/mol. The zero-order chi connectivity index (χ0) is 20.6. The van der Waals surface area contributed by atoms with Crippen LogP contribution in [0.15, 0.2) is 72.8 Å². The van der Waals surface area contributed by atoms with E-state index in [1.54, 1.807) is 30.3 Å². The first kappa shape index (κ1) is 20.5. The lowest BCUT2D eigenvalue weighted by Crippen LogP contribution is -2.48. The topological polar surface area (TPSA) is 70.2 Å². The molecule has 7 heteroatoms. The number of fused-ring (bicyclic) bond motifs is 1. The monoisotopic (exact) mass is 423 g/mol. The molecule has 5 nitrogen and oxygen atoms in total. The third-order valence-corrected chi connectivity index (χ3v) is 4.54. The Morgan fingerprint density at radius 3 is 2.45 bits per heavy atom. The van der Waals surface area contributed by atoms with Crippen molar-refractivity contribution in [3.05, 3.63) is 89.0 Å². The van der Waals surface area contributed by atoms with E-state index in [-0.39, 0.29) is 17.4 Å². The van der Waals surface area contributed by atoms with E-state index < -0.39 is 5.91 Å². The average molecular weight is 424 g/mol. The summed E-state index contributed by atoms with van der Waals surface area (Å²) in [6, 6.07) is 20.7. The maximum Gasteiger partial charge on any atom is 0.250 e. The van der Waals surface area contributed by atoms with Crippen molar-refractivity contribution in [1.82, 2.24) is 16.2 Å². The molecule has 0 aliphatic heterocycles. The minimum Gasteiger partial charge on any atom is -0.298 e. The first-order valence-corrected chi connectivity index (χ1v) is 9.60. The van der Waals surface area contributed by atoms with Crippen LogP contribution >= 0.6 is 23.8 Å². The largest absolute Gasteiger partial charge is 0.298 e. The van der Waals surface area contributed by atoms with Crippen LogP contribution in [-0.4, -0.2) is 16.9 Å². The van der Waals surface area contributed by atoms with Gasteiger partial charge in [0.1, 0.15) is 0 Å². The van der Waals surface area contributed by atoms with Gasteiger partial charge in [0.25, 0.3) is 0 Å². The van der Waals surface area contributed by atoms with Crippen LogP contribution in [0.1, 0.15) is 11.1 Å². The highest BCUT2D eigenvalue weighted by Crippen LogP contribution is 2.18. The summed E-state index contributed by atoms with van der Waals surface area (Å²) >= 11 is 10.8. The van der Waals surface area contributed by atoms with Crippen molar-refractivity contribution in [2.45, 2.75) is 6.42 Å². The molecule has 2 amide bonds. The molecule has 0 radical (unpaired) electrons. The number of hydrazine groups is 1. The van der Waals surface area contributed by atoms with Gasteiger partial charge in [0, 0.05) is 11.1 Å². The van der Waals surface area contributed by atoms with Crippen LogP contribution in [0.2, 0.25) is 5.02 Å². The van der Waals surface area contributed by atoms with Crippen LogP contribution in [0.4, 0.5) is 0 Å². The first-order valence-electron chi connectivity index (χ1n) is 8.81. The molecule has 0 saturated carbocycles. The van der Waals surface area contributed by atoms with Gasteiger partial charge in [-0.05, 0) is 52.3 Å². The number of hydrogen-bond donors (Lipinski definition) is 3. The number of benzene rings is 3. The van der Waals surface area contributed by atoms with Crippen LogP contribution in [0.3, 0.4) is 0 Å². The number of hydrogen-bond acceptors (Lipinski definition) is 3. The maximum atomic E-state index is 12.2. The van der Waals surface area contributed by atoms with Gasteiger partial charge in [-0.15, -0.1) is 0 Å². The molecule has 0 aliphatic carbocycles. The summed E-state index contributed by atoms with van der Waals surface area (Å²) < 4.78 is 0. The summed E-state index contributed by atoms with van der Waals surface area (Å²) in [4.78, 5) is 24.1. The molecule has 3 aromatic carbocycles. The highest BCUT2D eigenvalue weighted by atomic mass is 35.5. The molecule has 29 heavy (non-hydrogen) atoms. The molecule has 3 rings (SSSR count). The molecule has 0 spiro atoms. The molecule has 0 aliphatic rings. The molecule has 0 unspecified atom stereocenters. The van der Waals surface area contributed by atoms with Crippen molar-refractivity contribution in [2.24, 2.45) is 0 Å². The van der Waals surface area contributed by atoms with Crippen LogP contribution in [0, 0.1) is 0 Å². The van der Waals surface area contributed by atoms with Gasteiger partial charge in [-0.1, -0.05) is 66.2 Å². The van der Waals surface area contributed by atoms with Gasteiger partial charge in [0.05, 0.1) is 6.42 Å². The van der Waals surface area contributed by atoms with Crippen LogP contribution in [0.25, 0.3) is 16.8 Å². The molecule has 146 valence electrons. The fourth-order valence-corrected chi connectivity index (χ4v) is 3.00. The van der Waals surface area contributed by atoms with Gasteiger partial charge in [-0.3, -0.25) is 25.8 Å². The fourth-order valence-electron chi connectivity index (χ4n) is 2.72. The Bertz CT molecular complexity index is 1080. The zero-order valence-corrected chi connectivity index (χ0v) is 16.9. The SMILES string of the molecule is O=C(/C=C/c1ccc(Cl)cc1)NC(=S)NNC(=O)Cc1cccc2ccccc12. The molecular weight excluding hydrogens is 406 g/mol. The average Bonchev–Trinajstić information content (AvgIpc) is 2.72. The van der Waals surface area contributed by atoms with E-state index in [0.29, 0.717) is 5.02 Å². The Kier molecular flexibility index (Phi) is 6.94. The van der Waals surface area contributed by atoms with Gasteiger partial charge < -0.3 is 0 Å². The summed E-state index contributed by atoms with van der Waals surface area (Å²) in [5.41, 5.74) is 6.76. The number of thiocarbonyl (C=S) groups is 1. The molecule has 3 aromatic rings. The number of halogens is 1. The van der Waals surface area contributed by atoms with E-state index in [2.05, 4.69) is 16.2 Å². The second-order valence-electron chi connectivity index (χ2n) is 6.19. The Hall–Kier alpha value is -3.22. The van der Waals surface area contributed by atoms with E-state index in [0.717, 1.165) is 21.9 Å². The lowest BCUT2D eigenvalue weighted by Gasteiger charge is -2.11. The molecule has 3 N–H and O–H groups in total. The fraction of sp³-hybridized carbons (Fsp3) is 0.0455.